The second-order valence-corrected chi connectivity index (χ2v) is 34.0. The summed E-state index contributed by atoms with van der Waals surface area (Å²) >= 11 is 0. The molecule has 27 rings (SSSR count). The summed E-state index contributed by atoms with van der Waals surface area (Å²) in [6, 6.07) is 172. The number of rotatable bonds is 15. The van der Waals surface area contributed by atoms with Gasteiger partial charge in [0.25, 0.3) is 0 Å². The van der Waals surface area contributed by atoms with Gasteiger partial charge in [-0.3, -0.25) is 0 Å². The molecule has 9 heteroatoms. The molecule has 0 radical (unpaired) electrons. The molecule has 21 aromatic carbocycles. The molecule has 0 atom stereocenters. The average Bonchev–Trinajstić information content (AvgIpc) is 1.61. The van der Waals surface area contributed by atoms with Gasteiger partial charge in [-0.2, -0.15) is 0 Å². The van der Waals surface area contributed by atoms with Crippen molar-refractivity contribution in [1.82, 2.24) is 0 Å². The molecule has 636 valence electrons. The van der Waals surface area contributed by atoms with Gasteiger partial charge < -0.3 is 41.2 Å². The van der Waals surface area contributed by atoms with Gasteiger partial charge in [-0.1, -0.05) is 334 Å². The zero-order valence-corrected chi connectivity index (χ0v) is 73.1. The summed E-state index contributed by atoms with van der Waals surface area (Å²) < 4.78 is 38.1. The molecule has 27 aromatic rings. The number of furan rings is 6. The van der Waals surface area contributed by atoms with E-state index in [1.807, 2.05) is 91.0 Å². The van der Waals surface area contributed by atoms with Gasteiger partial charge in [0.2, 0.25) is 0 Å². The van der Waals surface area contributed by atoms with Crippen molar-refractivity contribution in [2.75, 3.05) is 14.7 Å². The van der Waals surface area contributed by atoms with Gasteiger partial charge in [-0.25, -0.2) is 0 Å². The lowest BCUT2D eigenvalue weighted by molar-refractivity contribution is 0.666. The Balaban J connectivity index is 0.000000108. The third-order valence-corrected chi connectivity index (χ3v) is 26.0. The monoisotopic (exact) mass is 1730 g/mol. The van der Waals surface area contributed by atoms with E-state index in [1.165, 1.54) is 55.6 Å². The second kappa shape index (κ2) is 33.7. The van der Waals surface area contributed by atoms with Crippen LogP contribution in [0, 0.1) is 0 Å². The Morgan fingerprint density at radius 3 is 0.719 bits per heavy atom. The molecule has 0 aliphatic rings. The SMILES string of the molecule is c1ccc(-c2ccc(-c3ccc(N(c4cccc5c4oc4ccccc45)c4cccc5c4oc4ccccc45)cc3)cc2)cc1.c1ccc(-c2cccc(-c3ccc(N(c4ccc5oc6ccccc6c5c4)c4ccc5oc6ccccc6c5c4)cc3)c2)cc1.c1ccc(-c2cccc(-c3ccc(N(c4cccc5oc6ccccc6c45)c4cccc5oc6ccccc6c45)cc3)c2)cc1. The summed E-state index contributed by atoms with van der Waals surface area (Å²) in [7, 11) is 0. The lowest BCUT2D eigenvalue weighted by Gasteiger charge is -2.27. The topological polar surface area (TPSA) is 88.6 Å². The minimum atomic E-state index is 0.840. The van der Waals surface area contributed by atoms with Crippen molar-refractivity contribution in [3.63, 3.8) is 0 Å². The fourth-order valence-electron chi connectivity index (χ4n) is 19.6. The molecule has 0 aliphatic heterocycles. The predicted octanol–water partition coefficient (Wildman–Crippen LogP) is 36.9. The Hall–Kier alpha value is -18.2. The molecule has 0 aliphatic carbocycles. The lowest BCUT2D eigenvalue weighted by Crippen LogP contribution is -2.10. The van der Waals surface area contributed by atoms with Gasteiger partial charge in [0.1, 0.15) is 55.8 Å². The van der Waals surface area contributed by atoms with Gasteiger partial charge in [0.05, 0.1) is 33.5 Å². The Labute approximate surface area is 776 Å². The van der Waals surface area contributed by atoms with Gasteiger partial charge >= 0.3 is 0 Å². The molecule has 0 fully saturated rings. The third kappa shape index (κ3) is 14.5. The highest BCUT2D eigenvalue weighted by atomic mass is 16.4. The molecule has 6 aromatic heterocycles. The number of hydrogen-bond donors (Lipinski definition) is 0. The van der Waals surface area contributed by atoms with Crippen molar-refractivity contribution < 1.29 is 26.5 Å². The van der Waals surface area contributed by atoms with Gasteiger partial charge in [-0.15, -0.1) is 0 Å². The van der Waals surface area contributed by atoms with Crippen molar-refractivity contribution in [2.45, 2.75) is 0 Å². The van der Waals surface area contributed by atoms with Crippen LogP contribution in [0.25, 0.3) is 198 Å². The molecule has 0 N–H and O–H groups in total. The van der Waals surface area contributed by atoms with E-state index in [1.54, 1.807) is 0 Å². The fraction of sp³-hybridized carbons (Fsp3) is 0. The summed E-state index contributed by atoms with van der Waals surface area (Å²) in [5, 5.41) is 13.1. The van der Waals surface area contributed by atoms with Gasteiger partial charge in [-0.05, 0) is 224 Å². The summed E-state index contributed by atoms with van der Waals surface area (Å²) in [4.78, 5) is 6.92. The fourth-order valence-corrected chi connectivity index (χ4v) is 19.6. The van der Waals surface area contributed by atoms with Crippen LogP contribution in [0.15, 0.2) is 518 Å². The summed E-state index contributed by atoms with van der Waals surface area (Å²) in [6.45, 7) is 0. The largest absolute Gasteiger partial charge is 0.456 e. The summed E-state index contributed by atoms with van der Waals surface area (Å²) in [5.74, 6) is 0. The highest BCUT2D eigenvalue weighted by Gasteiger charge is 2.28. The predicted molar refractivity (Wildman–Crippen MR) is 560 cm³/mol. The molecular formula is C126H81N3O6. The van der Waals surface area contributed by atoms with E-state index in [9.17, 15) is 0 Å². The van der Waals surface area contributed by atoms with Crippen molar-refractivity contribution in [1.29, 1.82) is 0 Å². The Bertz CT molecular complexity index is 8780. The van der Waals surface area contributed by atoms with Crippen LogP contribution in [-0.4, -0.2) is 0 Å². The first-order chi connectivity index (χ1) is 66.9. The summed E-state index contributed by atoms with van der Waals surface area (Å²) in [6.07, 6.45) is 0. The second-order valence-electron chi connectivity index (χ2n) is 34.0. The van der Waals surface area contributed by atoms with Crippen LogP contribution < -0.4 is 14.7 Å². The van der Waals surface area contributed by atoms with Crippen LogP contribution in [0.5, 0.6) is 0 Å². The van der Waals surface area contributed by atoms with Crippen LogP contribution in [-0.2, 0) is 0 Å². The maximum Gasteiger partial charge on any atom is 0.159 e. The molecule has 0 amide bonds. The molecule has 0 spiro atoms. The maximum atomic E-state index is 6.55. The van der Waals surface area contributed by atoms with E-state index >= 15 is 0 Å². The normalized spacial score (nSPS) is 11.6. The first-order valence-corrected chi connectivity index (χ1v) is 45.5. The van der Waals surface area contributed by atoms with Gasteiger partial charge in [0.15, 0.2) is 11.2 Å². The van der Waals surface area contributed by atoms with E-state index in [4.69, 9.17) is 26.5 Å². The van der Waals surface area contributed by atoms with Crippen LogP contribution in [0.3, 0.4) is 0 Å². The van der Waals surface area contributed by atoms with Crippen molar-refractivity contribution in [3.8, 4) is 66.8 Å². The average molecular weight is 1730 g/mol. The molecule has 0 unspecified atom stereocenters. The van der Waals surface area contributed by atoms with Crippen LogP contribution in [0.2, 0.25) is 0 Å². The van der Waals surface area contributed by atoms with Crippen molar-refractivity contribution >= 4 is 183 Å². The molecule has 0 bridgehead atoms. The first-order valence-electron chi connectivity index (χ1n) is 45.5. The van der Waals surface area contributed by atoms with Gasteiger partial charge in [0, 0.05) is 82.3 Å². The molecular weight excluding hydrogens is 1650 g/mol. The smallest absolute Gasteiger partial charge is 0.159 e. The highest BCUT2D eigenvalue weighted by molar-refractivity contribution is 6.19. The van der Waals surface area contributed by atoms with E-state index in [0.717, 1.165) is 194 Å². The van der Waals surface area contributed by atoms with Crippen molar-refractivity contribution in [3.05, 3.63) is 491 Å². The maximum absolute atomic E-state index is 6.55. The number of para-hydroxylation sites is 8. The summed E-state index contributed by atoms with van der Waals surface area (Å²) in [5.41, 5.74) is 34.0. The molecule has 0 saturated carbocycles. The molecule has 135 heavy (non-hydrogen) atoms. The number of benzene rings is 21. The van der Waals surface area contributed by atoms with E-state index in [0.29, 0.717) is 0 Å². The standard InChI is InChI=1S/3C42H27NO2/c1-2-11-28(12-3-1)30-13-8-14-31(27-30)29-23-25-32(26-24-29)43(35-17-9-21-39-41(35)33-15-4-6-19-37(33)44-39)36-18-10-22-40-42(36)34-16-5-7-20-38(34)45-40;1-2-10-28(11-3-1)29-20-22-30(23-21-29)31-24-26-32(27-25-31)43(37-16-8-14-35-33-12-4-6-18-39(33)44-41(35)37)38-17-9-15-36-34-13-5-7-19-40(34)45-42(36)38;1-2-9-28(10-3-1)30-11-8-12-31(25-30)29-17-19-32(20-18-29)43(33-21-23-41-37(26-33)35-13-4-6-15-39(35)44-41)34-22-24-42-38(27-34)36-14-5-7-16-40(36)45-42/h3*1-27H. The van der Waals surface area contributed by atoms with Crippen molar-refractivity contribution in [2.24, 2.45) is 0 Å². The zero-order valence-electron chi connectivity index (χ0n) is 73.1. The molecule has 0 saturated heterocycles. The highest BCUT2D eigenvalue weighted by Crippen LogP contribution is 2.51. The minimum Gasteiger partial charge on any atom is -0.456 e. The van der Waals surface area contributed by atoms with E-state index in [2.05, 4.69) is 415 Å². The zero-order chi connectivity index (χ0) is 89.2. The quantitative estimate of drug-likeness (QED) is 0.0996. The van der Waals surface area contributed by atoms with E-state index < -0.39 is 0 Å². The number of anilines is 9. The van der Waals surface area contributed by atoms with Crippen LogP contribution in [0.4, 0.5) is 51.2 Å². The van der Waals surface area contributed by atoms with Crippen LogP contribution >= 0.6 is 0 Å². The minimum absolute atomic E-state index is 0.840. The lowest BCUT2D eigenvalue weighted by atomic mass is 9.98. The first kappa shape index (κ1) is 79.0. The third-order valence-electron chi connectivity index (χ3n) is 26.0. The van der Waals surface area contributed by atoms with Crippen LogP contribution in [0.1, 0.15) is 0 Å². The Kier molecular flexibility index (Phi) is 19.7. The number of nitrogens with zero attached hydrogens (tertiary/aromatic N) is 3. The Morgan fingerprint density at radius 1 is 0.119 bits per heavy atom. The molecule has 9 nitrogen and oxygen atoms in total. The number of hydrogen-bond acceptors (Lipinski definition) is 9. The van der Waals surface area contributed by atoms with E-state index in [-0.39, 0.29) is 0 Å². The number of fused-ring (bicyclic) bond motifs is 18. The Morgan fingerprint density at radius 2 is 0.341 bits per heavy atom. The molecule has 6 heterocycles.